The van der Waals surface area contributed by atoms with Crippen LogP contribution >= 0.6 is 0 Å². The molecule has 2 heterocycles. The van der Waals surface area contributed by atoms with Crippen molar-refractivity contribution in [3.05, 3.63) is 54.4 Å². The standard InChI is InChI=1S/C15H19N3O/c1-2-8-18(7-1)16-13-14-3-5-15(6-4-14)17-9-11-19-12-10-17/h1-8,16H,9-13H2. The SMILES string of the molecule is c1ccn(NCc2ccc(N3CCOCC3)cc2)c1. The number of aromatic nitrogens is 1. The first-order chi connectivity index (χ1) is 9.42. The molecule has 1 aromatic heterocycles. The van der Waals surface area contributed by atoms with Crippen LogP contribution in [0.2, 0.25) is 0 Å². The Kier molecular flexibility index (Phi) is 3.70. The summed E-state index contributed by atoms with van der Waals surface area (Å²) in [6.45, 7) is 4.47. The van der Waals surface area contributed by atoms with Gasteiger partial charge in [0.05, 0.1) is 19.8 Å². The summed E-state index contributed by atoms with van der Waals surface area (Å²) in [4.78, 5) is 2.37. The topological polar surface area (TPSA) is 29.4 Å². The number of anilines is 1. The Labute approximate surface area is 113 Å². The minimum atomic E-state index is 0.830. The first kappa shape index (κ1) is 12.1. The maximum atomic E-state index is 5.37. The van der Waals surface area contributed by atoms with Crippen LogP contribution in [0.15, 0.2) is 48.8 Å². The smallest absolute Gasteiger partial charge is 0.0642 e. The van der Waals surface area contributed by atoms with E-state index in [4.69, 9.17) is 4.74 Å². The molecule has 1 aliphatic rings. The predicted molar refractivity (Wildman–Crippen MR) is 77.0 cm³/mol. The van der Waals surface area contributed by atoms with Crippen molar-refractivity contribution in [1.29, 1.82) is 0 Å². The van der Waals surface area contributed by atoms with Crippen molar-refractivity contribution in [2.75, 3.05) is 36.6 Å². The highest BCUT2D eigenvalue weighted by Gasteiger charge is 2.10. The maximum Gasteiger partial charge on any atom is 0.0642 e. The molecule has 0 spiro atoms. The van der Waals surface area contributed by atoms with Gasteiger partial charge >= 0.3 is 0 Å². The third-order valence-electron chi connectivity index (χ3n) is 3.38. The molecule has 1 fully saturated rings. The number of morpholine rings is 1. The van der Waals surface area contributed by atoms with Crippen LogP contribution in [0.5, 0.6) is 0 Å². The molecule has 2 aromatic rings. The second-order valence-electron chi connectivity index (χ2n) is 4.69. The van der Waals surface area contributed by atoms with Crippen molar-refractivity contribution in [1.82, 2.24) is 4.68 Å². The van der Waals surface area contributed by atoms with Crippen molar-refractivity contribution in [2.24, 2.45) is 0 Å². The maximum absolute atomic E-state index is 5.37. The Balaban J connectivity index is 1.58. The fourth-order valence-corrected chi connectivity index (χ4v) is 2.27. The van der Waals surface area contributed by atoms with Gasteiger partial charge in [-0.3, -0.25) is 4.68 Å². The van der Waals surface area contributed by atoms with E-state index in [-0.39, 0.29) is 0 Å². The molecule has 0 unspecified atom stereocenters. The molecule has 100 valence electrons. The molecular formula is C15H19N3O. The van der Waals surface area contributed by atoms with E-state index in [1.807, 2.05) is 29.2 Å². The Morgan fingerprint density at radius 2 is 1.68 bits per heavy atom. The van der Waals surface area contributed by atoms with Crippen LogP contribution in [0, 0.1) is 0 Å². The van der Waals surface area contributed by atoms with Crippen molar-refractivity contribution < 1.29 is 4.74 Å². The van der Waals surface area contributed by atoms with Crippen LogP contribution in [0.1, 0.15) is 5.56 Å². The number of hydrogen-bond donors (Lipinski definition) is 1. The number of ether oxygens (including phenoxy) is 1. The van der Waals surface area contributed by atoms with Gasteiger partial charge in [-0.05, 0) is 29.8 Å². The molecule has 0 radical (unpaired) electrons. The molecule has 0 bridgehead atoms. The lowest BCUT2D eigenvalue weighted by molar-refractivity contribution is 0.122. The first-order valence-electron chi connectivity index (χ1n) is 6.70. The summed E-state index contributed by atoms with van der Waals surface area (Å²) in [6.07, 6.45) is 4.00. The van der Waals surface area contributed by atoms with Crippen molar-refractivity contribution >= 4 is 5.69 Å². The van der Waals surface area contributed by atoms with E-state index in [1.165, 1.54) is 11.3 Å². The Morgan fingerprint density at radius 3 is 2.37 bits per heavy atom. The Morgan fingerprint density at radius 1 is 1.00 bits per heavy atom. The van der Waals surface area contributed by atoms with Gasteiger partial charge in [-0.1, -0.05) is 12.1 Å². The zero-order valence-corrected chi connectivity index (χ0v) is 11.0. The molecule has 1 aliphatic heterocycles. The zero-order valence-electron chi connectivity index (χ0n) is 11.0. The highest BCUT2D eigenvalue weighted by molar-refractivity contribution is 5.48. The van der Waals surface area contributed by atoms with E-state index < -0.39 is 0 Å². The largest absolute Gasteiger partial charge is 0.378 e. The van der Waals surface area contributed by atoms with Crippen LogP contribution in [-0.4, -0.2) is 31.0 Å². The minimum Gasteiger partial charge on any atom is -0.378 e. The average Bonchev–Trinajstić information content (AvgIpc) is 3.00. The van der Waals surface area contributed by atoms with E-state index in [0.29, 0.717) is 0 Å². The first-order valence-corrected chi connectivity index (χ1v) is 6.70. The Bertz CT molecular complexity index is 487. The molecular weight excluding hydrogens is 238 g/mol. The number of hydrogen-bond acceptors (Lipinski definition) is 3. The number of nitrogens with one attached hydrogen (secondary N) is 1. The molecule has 1 saturated heterocycles. The normalized spacial score (nSPS) is 15.5. The third kappa shape index (κ3) is 3.09. The highest BCUT2D eigenvalue weighted by Crippen LogP contribution is 2.16. The van der Waals surface area contributed by atoms with Gasteiger partial charge < -0.3 is 15.1 Å². The quantitative estimate of drug-likeness (QED) is 0.909. The summed E-state index contributed by atoms with van der Waals surface area (Å²) in [5, 5.41) is 0. The van der Waals surface area contributed by atoms with Gasteiger partial charge in [-0.2, -0.15) is 0 Å². The van der Waals surface area contributed by atoms with Crippen LogP contribution in [0.4, 0.5) is 5.69 Å². The molecule has 4 nitrogen and oxygen atoms in total. The van der Waals surface area contributed by atoms with Crippen LogP contribution in [0.25, 0.3) is 0 Å². The predicted octanol–water partition coefficient (Wildman–Crippen LogP) is 2.07. The van der Waals surface area contributed by atoms with Gasteiger partial charge in [0, 0.05) is 31.2 Å². The minimum absolute atomic E-state index is 0.830. The molecule has 19 heavy (non-hydrogen) atoms. The van der Waals surface area contributed by atoms with E-state index in [2.05, 4.69) is 34.6 Å². The second kappa shape index (κ2) is 5.80. The van der Waals surface area contributed by atoms with Crippen LogP contribution in [0.3, 0.4) is 0 Å². The lowest BCUT2D eigenvalue weighted by Gasteiger charge is -2.28. The van der Waals surface area contributed by atoms with Crippen LogP contribution < -0.4 is 10.3 Å². The monoisotopic (exact) mass is 257 g/mol. The number of benzene rings is 1. The molecule has 0 amide bonds. The third-order valence-corrected chi connectivity index (χ3v) is 3.38. The number of nitrogens with zero attached hydrogens (tertiary/aromatic N) is 2. The molecule has 4 heteroatoms. The lowest BCUT2D eigenvalue weighted by atomic mass is 10.2. The van der Waals surface area contributed by atoms with Crippen molar-refractivity contribution in [3.8, 4) is 0 Å². The second-order valence-corrected chi connectivity index (χ2v) is 4.69. The van der Waals surface area contributed by atoms with Crippen molar-refractivity contribution in [2.45, 2.75) is 6.54 Å². The summed E-state index contributed by atoms with van der Waals surface area (Å²) in [7, 11) is 0. The highest BCUT2D eigenvalue weighted by atomic mass is 16.5. The van der Waals surface area contributed by atoms with E-state index >= 15 is 0 Å². The summed E-state index contributed by atoms with van der Waals surface area (Å²) in [6, 6.07) is 12.8. The van der Waals surface area contributed by atoms with Gasteiger partial charge in [0.25, 0.3) is 0 Å². The molecule has 0 aliphatic carbocycles. The summed E-state index contributed by atoms with van der Waals surface area (Å²) in [5.41, 5.74) is 5.89. The fraction of sp³-hybridized carbons (Fsp3) is 0.333. The van der Waals surface area contributed by atoms with E-state index in [9.17, 15) is 0 Å². The van der Waals surface area contributed by atoms with E-state index in [0.717, 1.165) is 32.8 Å². The molecule has 3 rings (SSSR count). The molecule has 0 saturated carbocycles. The summed E-state index contributed by atoms with van der Waals surface area (Å²) < 4.78 is 7.34. The average molecular weight is 257 g/mol. The Hall–Kier alpha value is -1.94. The summed E-state index contributed by atoms with van der Waals surface area (Å²) in [5.74, 6) is 0. The molecule has 1 aromatic carbocycles. The summed E-state index contributed by atoms with van der Waals surface area (Å²) >= 11 is 0. The molecule has 0 atom stereocenters. The number of rotatable bonds is 4. The van der Waals surface area contributed by atoms with Gasteiger partial charge in [0.15, 0.2) is 0 Å². The fourth-order valence-electron chi connectivity index (χ4n) is 2.27. The van der Waals surface area contributed by atoms with Gasteiger partial charge in [0.2, 0.25) is 0 Å². The van der Waals surface area contributed by atoms with Gasteiger partial charge in [0.1, 0.15) is 0 Å². The van der Waals surface area contributed by atoms with Crippen molar-refractivity contribution in [3.63, 3.8) is 0 Å². The lowest BCUT2D eigenvalue weighted by Crippen LogP contribution is -2.36. The van der Waals surface area contributed by atoms with Gasteiger partial charge in [-0.15, -0.1) is 0 Å². The molecule has 1 N–H and O–H groups in total. The van der Waals surface area contributed by atoms with E-state index in [1.54, 1.807) is 0 Å². The van der Waals surface area contributed by atoms with Crippen LogP contribution in [-0.2, 0) is 11.3 Å². The zero-order chi connectivity index (χ0) is 12.9. The van der Waals surface area contributed by atoms with Gasteiger partial charge in [-0.25, -0.2) is 0 Å².